The molecule has 2 aromatic heterocycles. The van der Waals surface area contributed by atoms with Gasteiger partial charge >= 0.3 is 0 Å². The Hall–Kier alpha value is -4.26. The number of para-hydroxylation sites is 2. The van der Waals surface area contributed by atoms with E-state index < -0.39 is 0 Å². The zero-order valence-electron chi connectivity index (χ0n) is 20.8. The van der Waals surface area contributed by atoms with Crippen LogP contribution in [0.1, 0.15) is 30.9 Å². The minimum atomic E-state index is 0.274. The molecule has 0 saturated carbocycles. The van der Waals surface area contributed by atoms with Crippen molar-refractivity contribution in [3.05, 3.63) is 83.9 Å². The Balaban J connectivity index is 1.57. The number of fused-ring (bicyclic) bond motifs is 3. The fourth-order valence-corrected chi connectivity index (χ4v) is 4.61. The first kappa shape index (κ1) is 23.5. The Morgan fingerprint density at radius 3 is 2.56 bits per heavy atom. The highest BCUT2D eigenvalue weighted by Crippen LogP contribution is 2.34. The summed E-state index contributed by atoms with van der Waals surface area (Å²) in [5.41, 5.74) is 12.4. The van der Waals surface area contributed by atoms with Crippen molar-refractivity contribution >= 4 is 39.4 Å². The summed E-state index contributed by atoms with van der Waals surface area (Å²) in [6.07, 6.45) is 2.15. The second kappa shape index (κ2) is 10.6. The SMILES string of the molecule is CCCCNc1nc(N)nc2c3ccccc3n(Cc3cc(CNc4ccccc4)ccc3OC)c12. The quantitative estimate of drug-likeness (QED) is 0.211. The van der Waals surface area contributed by atoms with Gasteiger partial charge in [0, 0.05) is 29.7 Å². The molecule has 0 radical (unpaired) electrons. The predicted molar refractivity (Wildman–Crippen MR) is 149 cm³/mol. The van der Waals surface area contributed by atoms with Crippen molar-refractivity contribution < 1.29 is 4.74 Å². The maximum absolute atomic E-state index is 6.13. The van der Waals surface area contributed by atoms with Gasteiger partial charge in [-0.3, -0.25) is 0 Å². The molecule has 3 aromatic carbocycles. The number of nitrogens with one attached hydrogen (secondary N) is 2. The molecular weight excluding hydrogens is 448 g/mol. The minimum Gasteiger partial charge on any atom is -0.496 e. The van der Waals surface area contributed by atoms with E-state index in [0.717, 1.165) is 70.7 Å². The summed E-state index contributed by atoms with van der Waals surface area (Å²) in [5, 5.41) is 8.05. The van der Waals surface area contributed by atoms with Gasteiger partial charge in [-0.25, -0.2) is 4.98 Å². The second-order valence-corrected chi connectivity index (χ2v) is 8.88. The average molecular weight is 481 g/mol. The van der Waals surface area contributed by atoms with Crippen LogP contribution in [0, 0.1) is 0 Å². The van der Waals surface area contributed by atoms with Crippen molar-refractivity contribution in [1.82, 2.24) is 14.5 Å². The summed E-state index contributed by atoms with van der Waals surface area (Å²) < 4.78 is 8.03. The number of nitrogens with two attached hydrogens (primary N) is 1. The number of hydrogen-bond donors (Lipinski definition) is 3. The minimum absolute atomic E-state index is 0.274. The molecule has 0 unspecified atom stereocenters. The number of ether oxygens (including phenoxy) is 1. The number of hydrogen-bond acceptors (Lipinski definition) is 6. The Kier molecular flexibility index (Phi) is 6.89. The van der Waals surface area contributed by atoms with Crippen LogP contribution in [0.5, 0.6) is 5.75 Å². The third kappa shape index (κ3) is 4.77. The van der Waals surface area contributed by atoms with Gasteiger partial charge in [0.15, 0.2) is 5.82 Å². The van der Waals surface area contributed by atoms with Crippen molar-refractivity contribution in [2.45, 2.75) is 32.9 Å². The van der Waals surface area contributed by atoms with Crippen molar-refractivity contribution in [1.29, 1.82) is 0 Å². The van der Waals surface area contributed by atoms with E-state index in [1.807, 2.05) is 30.3 Å². The average Bonchev–Trinajstić information content (AvgIpc) is 3.21. The van der Waals surface area contributed by atoms with Crippen molar-refractivity contribution in [2.24, 2.45) is 0 Å². The molecule has 2 heterocycles. The summed E-state index contributed by atoms with van der Waals surface area (Å²) in [4.78, 5) is 9.23. The molecule has 7 nitrogen and oxygen atoms in total. The number of aromatic nitrogens is 3. The molecule has 0 spiro atoms. The van der Waals surface area contributed by atoms with Crippen molar-refractivity contribution in [3.8, 4) is 5.75 Å². The monoisotopic (exact) mass is 480 g/mol. The fraction of sp³-hybridized carbons (Fsp3) is 0.241. The molecule has 5 rings (SSSR count). The molecule has 0 aliphatic rings. The topological polar surface area (TPSA) is 90.0 Å². The van der Waals surface area contributed by atoms with E-state index in [2.05, 4.69) is 74.6 Å². The van der Waals surface area contributed by atoms with Gasteiger partial charge in [0.25, 0.3) is 0 Å². The maximum atomic E-state index is 6.13. The van der Waals surface area contributed by atoms with Gasteiger partial charge in [-0.15, -0.1) is 0 Å². The van der Waals surface area contributed by atoms with E-state index in [4.69, 9.17) is 10.5 Å². The lowest BCUT2D eigenvalue weighted by atomic mass is 10.1. The van der Waals surface area contributed by atoms with Crippen LogP contribution in [0.4, 0.5) is 17.5 Å². The summed E-state index contributed by atoms with van der Waals surface area (Å²) in [5.74, 6) is 1.89. The number of nitrogen functional groups attached to an aromatic ring is 1. The highest BCUT2D eigenvalue weighted by molar-refractivity contribution is 6.09. The standard InChI is InChI=1S/C29H32N6O/c1-3-4-16-31-28-27-26(33-29(30)34-28)23-12-8-9-13-24(23)35(27)19-21-17-20(14-15-25(21)36-2)18-32-22-10-6-5-7-11-22/h5-15,17,32H,3-4,16,18-19H2,1-2H3,(H3,30,31,33,34). The number of benzene rings is 3. The van der Waals surface area contributed by atoms with Crippen LogP contribution in [0.3, 0.4) is 0 Å². The van der Waals surface area contributed by atoms with Crippen LogP contribution in [0.2, 0.25) is 0 Å². The molecule has 0 amide bonds. The lowest BCUT2D eigenvalue weighted by molar-refractivity contribution is 0.408. The van der Waals surface area contributed by atoms with E-state index in [1.165, 1.54) is 5.56 Å². The first-order valence-corrected chi connectivity index (χ1v) is 12.4. The predicted octanol–water partition coefficient (Wildman–Crippen LogP) is 6.05. The molecule has 0 bridgehead atoms. The summed E-state index contributed by atoms with van der Waals surface area (Å²) in [7, 11) is 1.72. The first-order valence-electron chi connectivity index (χ1n) is 12.4. The highest BCUT2D eigenvalue weighted by atomic mass is 16.5. The molecular formula is C29H32N6O. The Bertz CT molecular complexity index is 1480. The van der Waals surface area contributed by atoms with Crippen LogP contribution < -0.4 is 21.1 Å². The van der Waals surface area contributed by atoms with Gasteiger partial charge < -0.3 is 25.7 Å². The molecule has 0 saturated heterocycles. The van der Waals surface area contributed by atoms with Crippen LogP contribution >= 0.6 is 0 Å². The molecule has 0 aliphatic carbocycles. The second-order valence-electron chi connectivity index (χ2n) is 8.88. The zero-order chi connectivity index (χ0) is 24.9. The van der Waals surface area contributed by atoms with E-state index in [9.17, 15) is 0 Å². The fourth-order valence-electron chi connectivity index (χ4n) is 4.61. The van der Waals surface area contributed by atoms with Gasteiger partial charge in [0.1, 0.15) is 16.8 Å². The molecule has 0 fully saturated rings. The zero-order valence-corrected chi connectivity index (χ0v) is 20.8. The van der Waals surface area contributed by atoms with Gasteiger partial charge in [-0.1, -0.05) is 55.8 Å². The van der Waals surface area contributed by atoms with E-state index in [0.29, 0.717) is 6.54 Å². The molecule has 0 atom stereocenters. The third-order valence-electron chi connectivity index (χ3n) is 6.39. The first-order chi connectivity index (χ1) is 17.7. The Morgan fingerprint density at radius 2 is 1.75 bits per heavy atom. The van der Waals surface area contributed by atoms with Gasteiger partial charge in [-0.05, 0) is 42.3 Å². The van der Waals surface area contributed by atoms with E-state index in [-0.39, 0.29) is 5.95 Å². The van der Waals surface area contributed by atoms with Crippen LogP contribution in [-0.2, 0) is 13.1 Å². The lowest BCUT2D eigenvalue weighted by Crippen LogP contribution is -2.10. The van der Waals surface area contributed by atoms with Crippen LogP contribution in [0.15, 0.2) is 72.8 Å². The summed E-state index contributed by atoms with van der Waals surface area (Å²) in [6.45, 7) is 4.34. The van der Waals surface area contributed by atoms with Gasteiger partial charge in [-0.2, -0.15) is 4.98 Å². The maximum Gasteiger partial charge on any atom is 0.222 e. The number of anilines is 3. The van der Waals surface area contributed by atoms with Gasteiger partial charge in [0.2, 0.25) is 5.95 Å². The number of unbranched alkanes of at least 4 members (excludes halogenated alkanes) is 1. The largest absolute Gasteiger partial charge is 0.496 e. The number of nitrogens with zero attached hydrogens (tertiary/aromatic N) is 3. The molecule has 5 aromatic rings. The van der Waals surface area contributed by atoms with Crippen molar-refractivity contribution in [2.75, 3.05) is 30.0 Å². The highest BCUT2D eigenvalue weighted by Gasteiger charge is 2.19. The summed E-state index contributed by atoms with van der Waals surface area (Å²) in [6, 6.07) is 24.9. The van der Waals surface area contributed by atoms with Crippen LogP contribution in [0.25, 0.3) is 21.9 Å². The van der Waals surface area contributed by atoms with Crippen molar-refractivity contribution in [3.63, 3.8) is 0 Å². The Morgan fingerprint density at radius 1 is 0.944 bits per heavy atom. The summed E-state index contributed by atoms with van der Waals surface area (Å²) >= 11 is 0. The van der Waals surface area contributed by atoms with Crippen LogP contribution in [-0.4, -0.2) is 28.2 Å². The molecule has 4 N–H and O–H groups in total. The lowest BCUT2D eigenvalue weighted by Gasteiger charge is -2.15. The number of rotatable bonds is 10. The molecule has 7 heteroatoms. The van der Waals surface area contributed by atoms with E-state index >= 15 is 0 Å². The normalized spacial score (nSPS) is 11.2. The molecule has 184 valence electrons. The third-order valence-corrected chi connectivity index (χ3v) is 6.39. The molecule has 0 aliphatic heterocycles. The Labute approximate surface area is 211 Å². The van der Waals surface area contributed by atoms with Gasteiger partial charge in [0.05, 0.1) is 19.2 Å². The smallest absolute Gasteiger partial charge is 0.222 e. The number of methoxy groups -OCH3 is 1. The molecule has 36 heavy (non-hydrogen) atoms. The van der Waals surface area contributed by atoms with E-state index in [1.54, 1.807) is 7.11 Å².